The molecule has 3 aromatic rings. The first-order valence-corrected chi connectivity index (χ1v) is 10.0. The topological polar surface area (TPSA) is 84.2 Å². The summed E-state index contributed by atoms with van der Waals surface area (Å²) in [6.07, 6.45) is 5.09. The number of pyridine rings is 1. The summed E-state index contributed by atoms with van der Waals surface area (Å²) >= 11 is 6.20. The zero-order valence-corrected chi connectivity index (χ0v) is 16.7. The third-order valence-electron chi connectivity index (χ3n) is 5.12. The van der Waals surface area contributed by atoms with Gasteiger partial charge in [-0.2, -0.15) is 4.98 Å². The van der Waals surface area contributed by atoms with Crippen molar-refractivity contribution in [1.29, 1.82) is 0 Å². The third-order valence-corrected chi connectivity index (χ3v) is 5.45. The van der Waals surface area contributed by atoms with Crippen LogP contribution in [0.5, 0.6) is 0 Å². The summed E-state index contributed by atoms with van der Waals surface area (Å²) < 4.78 is 5.39. The molecule has 1 aromatic carbocycles. The standard InChI is InChI=1S/C21H22ClN5O2/c22-18-4-2-1-3-17(18)20-25-19(29-26-20)14-27-11-7-16(8-12-27)21(28)24-13-15-5-9-23-10-6-15/h1-6,9-10,16H,7-8,11-14H2,(H,24,28). The highest BCUT2D eigenvalue weighted by molar-refractivity contribution is 6.33. The van der Waals surface area contributed by atoms with Crippen molar-refractivity contribution >= 4 is 17.5 Å². The molecular formula is C21H22ClN5O2. The lowest BCUT2D eigenvalue weighted by atomic mass is 9.96. The van der Waals surface area contributed by atoms with E-state index in [0.29, 0.717) is 29.8 Å². The fourth-order valence-corrected chi connectivity index (χ4v) is 3.67. The van der Waals surface area contributed by atoms with Gasteiger partial charge in [-0.25, -0.2) is 0 Å². The Morgan fingerprint density at radius 3 is 2.69 bits per heavy atom. The van der Waals surface area contributed by atoms with Gasteiger partial charge in [0.1, 0.15) is 0 Å². The Labute approximate surface area is 174 Å². The molecule has 0 spiro atoms. The van der Waals surface area contributed by atoms with Gasteiger partial charge in [0.25, 0.3) is 0 Å². The van der Waals surface area contributed by atoms with Gasteiger partial charge < -0.3 is 9.84 Å². The molecule has 150 valence electrons. The van der Waals surface area contributed by atoms with Crippen molar-refractivity contribution in [2.45, 2.75) is 25.9 Å². The van der Waals surface area contributed by atoms with E-state index in [1.54, 1.807) is 18.5 Å². The summed E-state index contributed by atoms with van der Waals surface area (Å²) in [6, 6.07) is 11.2. The quantitative estimate of drug-likeness (QED) is 0.669. The Kier molecular flexibility index (Phi) is 6.17. The maximum Gasteiger partial charge on any atom is 0.241 e. The predicted octanol–water partition coefficient (Wildman–Crippen LogP) is 3.31. The van der Waals surface area contributed by atoms with Crippen LogP contribution in [0.3, 0.4) is 0 Å². The first-order valence-electron chi connectivity index (χ1n) is 9.65. The number of nitrogens with one attached hydrogen (secondary N) is 1. The van der Waals surface area contributed by atoms with Gasteiger partial charge >= 0.3 is 0 Å². The second kappa shape index (κ2) is 9.15. The van der Waals surface area contributed by atoms with Gasteiger partial charge in [-0.3, -0.25) is 14.7 Å². The van der Waals surface area contributed by atoms with E-state index in [4.69, 9.17) is 16.1 Å². The Morgan fingerprint density at radius 2 is 1.93 bits per heavy atom. The maximum absolute atomic E-state index is 12.4. The van der Waals surface area contributed by atoms with E-state index in [2.05, 4.69) is 25.3 Å². The smallest absolute Gasteiger partial charge is 0.241 e. The number of nitrogens with zero attached hydrogens (tertiary/aromatic N) is 4. The summed E-state index contributed by atoms with van der Waals surface area (Å²) in [5, 5.41) is 7.66. The van der Waals surface area contributed by atoms with Crippen LogP contribution < -0.4 is 5.32 Å². The highest BCUT2D eigenvalue weighted by Crippen LogP contribution is 2.25. The molecule has 8 heteroatoms. The predicted molar refractivity (Wildman–Crippen MR) is 109 cm³/mol. The molecule has 1 aliphatic rings. The molecule has 1 amide bonds. The van der Waals surface area contributed by atoms with Crippen molar-refractivity contribution in [1.82, 2.24) is 25.3 Å². The number of rotatable bonds is 6. The Bertz CT molecular complexity index is 954. The van der Waals surface area contributed by atoms with Crippen LogP contribution in [0.4, 0.5) is 0 Å². The zero-order chi connectivity index (χ0) is 20.1. The van der Waals surface area contributed by atoms with Crippen molar-refractivity contribution in [3.05, 3.63) is 65.3 Å². The van der Waals surface area contributed by atoms with Crippen molar-refractivity contribution in [2.24, 2.45) is 5.92 Å². The molecule has 0 saturated carbocycles. The molecule has 3 heterocycles. The van der Waals surface area contributed by atoms with E-state index in [1.165, 1.54) is 0 Å². The Morgan fingerprint density at radius 1 is 1.17 bits per heavy atom. The number of likely N-dealkylation sites (tertiary alicyclic amines) is 1. The van der Waals surface area contributed by atoms with E-state index in [0.717, 1.165) is 37.1 Å². The molecule has 2 aromatic heterocycles. The van der Waals surface area contributed by atoms with Gasteiger partial charge in [0, 0.05) is 30.4 Å². The van der Waals surface area contributed by atoms with Crippen LogP contribution in [0.2, 0.25) is 5.02 Å². The largest absolute Gasteiger partial charge is 0.352 e. The Hall–Kier alpha value is -2.77. The summed E-state index contributed by atoms with van der Waals surface area (Å²) in [4.78, 5) is 23.1. The SMILES string of the molecule is O=C(NCc1ccncc1)C1CCN(Cc2nc(-c3ccccc3Cl)no2)CC1. The van der Waals surface area contributed by atoms with Gasteiger partial charge in [-0.15, -0.1) is 0 Å². The number of hydrogen-bond acceptors (Lipinski definition) is 6. The monoisotopic (exact) mass is 411 g/mol. The fraction of sp³-hybridized carbons (Fsp3) is 0.333. The molecule has 0 unspecified atom stereocenters. The minimum atomic E-state index is 0.0365. The summed E-state index contributed by atoms with van der Waals surface area (Å²) in [6.45, 7) is 2.74. The van der Waals surface area contributed by atoms with Crippen LogP contribution in [0, 0.1) is 5.92 Å². The summed E-state index contributed by atoms with van der Waals surface area (Å²) in [5.74, 6) is 1.20. The van der Waals surface area contributed by atoms with Crippen LogP contribution in [-0.4, -0.2) is 39.0 Å². The highest BCUT2D eigenvalue weighted by atomic mass is 35.5. The van der Waals surface area contributed by atoms with Crippen molar-refractivity contribution < 1.29 is 9.32 Å². The number of piperidine rings is 1. The van der Waals surface area contributed by atoms with Gasteiger partial charge in [0.2, 0.25) is 17.6 Å². The minimum Gasteiger partial charge on any atom is -0.352 e. The molecule has 29 heavy (non-hydrogen) atoms. The second-order valence-corrected chi connectivity index (χ2v) is 7.52. The lowest BCUT2D eigenvalue weighted by molar-refractivity contribution is -0.126. The number of aromatic nitrogens is 3. The minimum absolute atomic E-state index is 0.0365. The van der Waals surface area contributed by atoms with E-state index < -0.39 is 0 Å². The van der Waals surface area contributed by atoms with Crippen LogP contribution >= 0.6 is 11.6 Å². The van der Waals surface area contributed by atoms with Crippen molar-refractivity contribution in [3.63, 3.8) is 0 Å². The molecule has 1 N–H and O–H groups in total. The van der Waals surface area contributed by atoms with Gasteiger partial charge in [0.15, 0.2) is 0 Å². The highest BCUT2D eigenvalue weighted by Gasteiger charge is 2.26. The number of amides is 1. The van der Waals surface area contributed by atoms with Crippen LogP contribution in [-0.2, 0) is 17.9 Å². The van der Waals surface area contributed by atoms with Crippen LogP contribution in [0.15, 0.2) is 53.3 Å². The normalized spacial score (nSPS) is 15.3. The lowest BCUT2D eigenvalue weighted by Gasteiger charge is -2.30. The Balaban J connectivity index is 1.26. The van der Waals surface area contributed by atoms with E-state index in [-0.39, 0.29) is 11.8 Å². The first-order chi connectivity index (χ1) is 14.2. The molecule has 7 nitrogen and oxygen atoms in total. The average Bonchev–Trinajstić information content (AvgIpc) is 3.22. The number of benzene rings is 1. The molecule has 0 aliphatic carbocycles. The molecule has 0 radical (unpaired) electrons. The van der Waals surface area contributed by atoms with E-state index in [1.807, 2.05) is 30.3 Å². The average molecular weight is 412 g/mol. The van der Waals surface area contributed by atoms with Gasteiger partial charge in [-0.1, -0.05) is 28.9 Å². The first kappa shape index (κ1) is 19.5. The zero-order valence-electron chi connectivity index (χ0n) is 15.9. The van der Waals surface area contributed by atoms with Gasteiger partial charge in [0.05, 0.1) is 11.6 Å². The van der Waals surface area contributed by atoms with Crippen LogP contribution in [0.25, 0.3) is 11.4 Å². The second-order valence-electron chi connectivity index (χ2n) is 7.12. The van der Waals surface area contributed by atoms with E-state index >= 15 is 0 Å². The molecule has 1 saturated heterocycles. The molecular weight excluding hydrogens is 390 g/mol. The number of carbonyl (C=O) groups is 1. The number of carbonyl (C=O) groups excluding carboxylic acids is 1. The van der Waals surface area contributed by atoms with Crippen molar-refractivity contribution in [3.8, 4) is 11.4 Å². The summed E-state index contributed by atoms with van der Waals surface area (Å²) in [5.41, 5.74) is 1.81. The molecule has 0 atom stereocenters. The van der Waals surface area contributed by atoms with Crippen molar-refractivity contribution in [2.75, 3.05) is 13.1 Å². The molecule has 4 rings (SSSR count). The molecule has 1 fully saturated rings. The van der Waals surface area contributed by atoms with E-state index in [9.17, 15) is 4.79 Å². The number of hydrogen-bond donors (Lipinski definition) is 1. The maximum atomic E-state index is 12.4. The number of halogens is 1. The summed E-state index contributed by atoms with van der Waals surface area (Å²) in [7, 11) is 0. The third kappa shape index (κ3) is 4.99. The van der Waals surface area contributed by atoms with Crippen LogP contribution in [0.1, 0.15) is 24.3 Å². The molecule has 0 bridgehead atoms. The lowest BCUT2D eigenvalue weighted by Crippen LogP contribution is -2.40. The fourth-order valence-electron chi connectivity index (χ4n) is 3.45. The molecule has 1 aliphatic heterocycles. The van der Waals surface area contributed by atoms with Gasteiger partial charge in [-0.05, 0) is 55.8 Å².